The van der Waals surface area contributed by atoms with E-state index in [-0.39, 0.29) is 44.6 Å². The molecule has 0 aliphatic rings. The number of carbonyl (C=O) groups is 6. The number of primary amides is 1. The molecule has 5 aromatic rings. The molecule has 1 unspecified atom stereocenters. The van der Waals surface area contributed by atoms with Gasteiger partial charge in [-0.3, -0.25) is 33.8 Å². The molecule has 0 radical (unpaired) electrons. The number of para-hydroxylation sites is 1. The number of imidazole rings is 1. The number of hydrogen-bond donors (Lipinski definition) is 10. The van der Waals surface area contributed by atoms with Crippen molar-refractivity contribution in [3.63, 3.8) is 0 Å². The fraction of sp³-hybridized carbons (Fsp3) is 0.268. The van der Waals surface area contributed by atoms with Crippen LogP contribution in [-0.4, -0.2) is 93.6 Å². The maximum Gasteiger partial charge on any atom is 0.251 e. The van der Waals surface area contributed by atoms with E-state index in [1.54, 1.807) is 66.9 Å². The second-order valence-corrected chi connectivity index (χ2v) is 13.7. The van der Waals surface area contributed by atoms with Gasteiger partial charge in [0.15, 0.2) is 5.96 Å². The summed E-state index contributed by atoms with van der Waals surface area (Å²) >= 11 is 0. The van der Waals surface area contributed by atoms with Gasteiger partial charge in [-0.25, -0.2) is 4.98 Å². The molecule has 5 rings (SSSR count). The molecular formula is C41H48N12O6. The van der Waals surface area contributed by atoms with Gasteiger partial charge in [-0.1, -0.05) is 66.7 Å². The van der Waals surface area contributed by atoms with Crippen LogP contribution in [0.2, 0.25) is 0 Å². The fourth-order valence-electron chi connectivity index (χ4n) is 6.31. The monoisotopic (exact) mass is 804 g/mol. The van der Waals surface area contributed by atoms with E-state index in [9.17, 15) is 28.8 Å². The number of hydrogen-bond acceptors (Lipinski definition) is 8. The molecule has 0 bridgehead atoms. The van der Waals surface area contributed by atoms with Crippen LogP contribution in [0.1, 0.15) is 40.0 Å². The van der Waals surface area contributed by atoms with E-state index in [0.717, 1.165) is 16.5 Å². The smallest absolute Gasteiger partial charge is 0.251 e. The third-order valence-corrected chi connectivity index (χ3v) is 9.33. The molecule has 59 heavy (non-hydrogen) atoms. The van der Waals surface area contributed by atoms with Crippen molar-refractivity contribution in [2.24, 2.45) is 22.2 Å². The van der Waals surface area contributed by atoms with Crippen LogP contribution in [0.15, 0.2) is 109 Å². The number of aromatic amines is 2. The van der Waals surface area contributed by atoms with Gasteiger partial charge in [0.25, 0.3) is 5.91 Å². The molecule has 13 N–H and O–H groups in total. The predicted molar refractivity (Wildman–Crippen MR) is 220 cm³/mol. The molecular weight excluding hydrogens is 757 g/mol. The maximum absolute atomic E-state index is 14.2. The van der Waals surface area contributed by atoms with Crippen molar-refractivity contribution in [2.75, 3.05) is 13.1 Å². The van der Waals surface area contributed by atoms with Gasteiger partial charge in [0.05, 0.1) is 12.9 Å². The summed E-state index contributed by atoms with van der Waals surface area (Å²) < 4.78 is 0. The lowest BCUT2D eigenvalue weighted by Crippen LogP contribution is -2.59. The van der Waals surface area contributed by atoms with Crippen LogP contribution in [0, 0.1) is 0 Å². The Morgan fingerprint density at radius 3 is 1.98 bits per heavy atom. The first-order chi connectivity index (χ1) is 28.5. The van der Waals surface area contributed by atoms with Crippen molar-refractivity contribution in [3.8, 4) is 0 Å². The van der Waals surface area contributed by atoms with Gasteiger partial charge in [-0.2, -0.15) is 0 Å². The molecule has 0 saturated carbocycles. The summed E-state index contributed by atoms with van der Waals surface area (Å²) in [5.74, 6) is -4.22. The molecule has 0 saturated heterocycles. The number of guanidine groups is 1. The number of aromatic nitrogens is 3. The lowest BCUT2D eigenvalue weighted by atomic mass is 10.0. The lowest BCUT2D eigenvalue weighted by Gasteiger charge is -2.26. The molecule has 4 atom stereocenters. The quantitative estimate of drug-likeness (QED) is 0.0267. The zero-order valence-corrected chi connectivity index (χ0v) is 32.2. The summed E-state index contributed by atoms with van der Waals surface area (Å²) in [6.45, 7) is -0.292. The van der Waals surface area contributed by atoms with Crippen LogP contribution in [0.3, 0.4) is 0 Å². The van der Waals surface area contributed by atoms with E-state index < -0.39 is 66.2 Å². The average molecular weight is 805 g/mol. The van der Waals surface area contributed by atoms with Crippen molar-refractivity contribution in [1.82, 2.24) is 41.5 Å². The third-order valence-electron chi connectivity index (χ3n) is 9.33. The van der Waals surface area contributed by atoms with Gasteiger partial charge >= 0.3 is 0 Å². The first-order valence-corrected chi connectivity index (χ1v) is 18.9. The second kappa shape index (κ2) is 21.1. The second-order valence-electron chi connectivity index (χ2n) is 13.7. The van der Waals surface area contributed by atoms with Gasteiger partial charge < -0.3 is 53.8 Å². The molecule has 0 fully saturated rings. The lowest BCUT2D eigenvalue weighted by molar-refractivity contribution is -0.134. The van der Waals surface area contributed by atoms with Gasteiger partial charge in [0, 0.05) is 60.4 Å². The van der Waals surface area contributed by atoms with Crippen molar-refractivity contribution in [2.45, 2.75) is 56.3 Å². The van der Waals surface area contributed by atoms with E-state index in [0.29, 0.717) is 16.8 Å². The van der Waals surface area contributed by atoms with E-state index in [2.05, 4.69) is 46.5 Å². The Morgan fingerprint density at radius 1 is 0.678 bits per heavy atom. The number of H-pyrrole nitrogens is 2. The molecule has 2 aromatic heterocycles. The van der Waals surface area contributed by atoms with Crippen LogP contribution >= 0.6 is 0 Å². The van der Waals surface area contributed by atoms with E-state index in [1.807, 2.05) is 24.3 Å². The first kappa shape index (κ1) is 42.6. The minimum absolute atomic E-state index is 0.00306. The molecule has 6 amide bonds. The zero-order valence-electron chi connectivity index (χ0n) is 32.2. The number of fused-ring (bicyclic) bond motifs is 1. The number of amides is 6. The van der Waals surface area contributed by atoms with E-state index in [1.165, 1.54) is 12.5 Å². The van der Waals surface area contributed by atoms with Crippen molar-refractivity contribution in [1.29, 1.82) is 0 Å². The summed E-state index contributed by atoms with van der Waals surface area (Å²) in [5.41, 5.74) is 19.9. The van der Waals surface area contributed by atoms with E-state index in [4.69, 9.17) is 17.2 Å². The average Bonchev–Trinajstić information content (AvgIpc) is 3.91. The minimum atomic E-state index is -1.25. The Hall–Kier alpha value is -7.50. The highest BCUT2D eigenvalue weighted by atomic mass is 16.2. The Balaban J connectivity index is 1.34. The number of benzene rings is 3. The zero-order chi connectivity index (χ0) is 42.1. The highest BCUT2D eigenvalue weighted by Crippen LogP contribution is 2.19. The topological polar surface area (TPSA) is 297 Å². The molecule has 308 valence electrons. The Morgan fingerprint density at radius 2 is 1.31 bits per heavy atom. The van der Waals surface area contributed by atoms with Gasteiger partial charge in [-0.05, 0) is 42.2 Å². The molecule has 0 spiro atoms. The van der Waals surface area contributed by atoms with Crippen LogP contribution in [-0.2, 0) is 43.2 Å². The number of nitrogens with two attached hydrogens (primary N) is 3. The highest BCUT2D eigenvalue weighted by Gasteiger charge is 2.32. The van der Waals surface area contributed by atoms with Crippen molar-refractivity contribution < 1.29 is 28.8 Å². The van der Waals surface area contributed by atoms with Crippen LogP contribution < -0.4 is 43.8 Å². The molecule has 2 heterocycles. The molecule has 0 aliphatic carbocycles. The largest absolute Gasteiger partial charge is 0.370 e. The van der Waals surface area contributed by atoms with Gasteiger partial charge in [0.1, 0.15) is 24.2 Å². The number of nitrogens with zero attached hydrogens (tertiary/aromatic N) is 2. The predicted octanol–water partition coefficient (Wildman–Crippen LogP) is -0.173. The highest BCUT2D eigenvalue weighted by molar-refractivity contribution is 5.98. The Kier molecular flexibility index (Phi) is 15.3. The van der Waals surface area contributed by atoms with Crippen LogP contribution in [0.25, 0.3) is 10.9 Å². The third kappa shape index (κ3) is 13.0. The summed E-state index contributed by atoms with van der Waals surface area (Å²) in [4.78, 5) is 94.5. The van der Waals surface area contributed by atoms with Gasteiger partial charge in [0.2, 0.25) is 29.5 Å². The number of aliphatic imine (C=N–C) groups is 1. The Bertz CT molecular complexity index is 2220. The maximum atomic E-state index is 14.2. The van der Waals surface area contributed by atoms with E-state index >= 15 is 0 Å². The molecule has 3 aromatic carbocycles. The first-order valence-electron chi connectivity index (χ1n) is 18.9. The normalized spacial score (nSPS) is 12.9. The SMILES string of the molecule is NC(=O)C(Cc1c[nH]c2ccccc12)NC(=O)[C@H](CCCN=C(N)N)NC(=O)[C@@H](Cc1ccccc1)NC(=O)[C@H](Cc1cnc[nH]1)NC(=O)CNC(=O)c1ccccc1. The molecule has 0 aliphatic heterocycles. The summed E-state index contributed by atoms with van der Waals surface area (Å²) in [7, 11) is 0. The standard InChI is InChI=1S/C41H48N12O6/c42-36(55)32(19-27-21-47-30-15-8-7-14-29(27)30)52-38(57)31(16-9-17-46-41(43)44)51-39(58)33(18-25-10-3-1-4-11-25)53-40(59)34(20-28-22-45-24-49-28)50-35(54)23-48-37(56)26-12-5-2-6-13-26/h1-8,10-15,21-22,24,31-34,47H,9,16-20,23H2,(H2,42,55)(H,45,49)(H,48,56)(H,50,54)(H,51,58)(H,52,57)(H,53,59)(H4,43,44,46)/t31-,32?,33+,34-/m0/s1. The molecule has 18 nitrogen and oxygen atoms in total. The Labute approximate surface area is 339 Å². The van der Waals surface area contributed by atoms with Crippen LogP contribution in [0.5, 0.6) is 0 Å². The molecule has 18 heteroatoms. The van der Waals surface area contributed by atoms with Gasteiger partial charge in [-0.15, -0.1) is 0 Å². The van der Waals surface area contributed by atoms with Crippen molar-refractivity contribution in [3.05, 3.63) is 126 Å². The summed E-state index contributed by atoms with van der Waals surface area (Å²) in [6, 6.07) is 19.9. The summed E-state index contributed by atoms with van der Waals surface area (Å²) in [5, 5.41) is 14.2. The number of nitrogens with one attached hydrogen (secondary N) is 7. The number of carbonyl (C=O) groups excluding carboxylic acids is 6. The van der Waals surface area contributed by atoms with Crippen molar-refractivity contribution >= 4 is 52.3 Å². The summed E-state index contributed by atoms with van der Waals surface area (Å²) in [6.07, 6.45) is 4.99. The van der Waals surface area contributed by atoms with Crippen LogP contribution in [0.4, 0.5) is 0 Å². The fourth-order valence-corrected chi connectivity index (χ4v) is 6.31. The minimum Gasteiger partial charge on any atom is -0.370 e. The number of rotatable bonds is 21.